The maximum Gasteiger partial charge on any atom is 0.189 e. The summed E-state index contributed by atoms with van der Waals surface area (Å²) >= 11 is 5.76. The molecule has 0 bridgehead atoms. The van der Waals surface area contributed by atoms with Crippen LogP contribution >= 0.6 is 11.6 Å². The molecule has 0 radical (unpaired) electrons. The first-order chi connectivity index (χ1) is 6.79. The van der Waals surface area contributed by atoms with E-state index in [4.69, 9.17) is 16.3 Å². The van der Waals surface area contributed by atoms with Crippen LogP contribution in [-0.2, 0) is 4.74 Å². The molecule has 1 aliphatic heterocycles. The van der Waals surface area contributed by atoms with E-state index in [2.05, 4.69) is 9.97 Å². The second-order valence-electron chi connectivity index (χ2n) is 3.12. The maximum atomic E-state index is 11.8. The van der Waals surface area contributed by atoms with Gasteiger partial charge >= 0.3 is 0 Å². The van der Waals surface area contributed by atoms with Gasteiger partial charge in [0.25, 0.3) is 0 Å². The Kier molecular flexibility index (Phi) is 2.74. The number of Topliss-reactive ketones (excluding diaryl/α,β-unsaturated/α-hetero) is 1. The van der Waals surface area contributed by atoms with E-state index in [1.54, 1.807) is 0 Å². The molecule has 4 nitrogen and oxygen atoms in total. The summed E-state index contributed by atoms with van der Waals surface area (Å²) in [6.07, 6.45) is 3.67. The van der Waals surface area contributed by atoms with E-state index in [1.165, 1.54) is 12.4 Å². The monoisotopic (exact) mass is 212 g/mol. The van der Waals surface area contributed by atoms with E-state index in [9.17, 15) is 4.79 Å². The molecule has 1 aliphatic rings. The zero-order valence-electron chi connectivity index (χ0n) is 7.44. The van der Waals surface area contributed by atoms with Crippen molar-refractivity contribution in [3.05, 3.63) is 23.2 Å². The average Bonchev–Trinajstić information content (AvgIpc) is 2.70. The summed E-state index contributed by atoms with van der Waals surface area (Å²) in [7, 11) is 0. The highest BCUT2D eigenvalue weighted by atomic mass is 35.5. The second kappa shape index (κ2) is 4.02. The van der Waals surface area contributed by atoms with Crippen LogP contribution in [0.15, 0.2) is 12.4 Å². The first-order valence-electron chi connectivity index (χ1n) is 4.37. The standard InChI is InChI=1S/C9H9ClN2O2/c10-9-7(11-2-3-12-9)8(13)6-1-4-14-5-6/h2-3,6H,1,4-5H2. The van der Waals surface area contributed by atoms with Gasteiger partial charge in [0.15, 0.2) is 10.9 Å². The lowest BCUT2D eigenvalue weighted by atomic mass is 10.0. The van der Waals surface area contributed by atoms with E-state index >= 15 is 0 Å². The van der Waals surface area contributed by atoms with Gasteiger partial charge in [-0.05, 0) is 6.42 Å². The molecule has 0 spiro atoms. The molecule has 0 aromatic carbocycles. The number of carbonyl (C=O) groups is 1. The number of hydrogen-bond acceptors (Lipinski definition) is 4. The van der Waals surface area contributed by atoms with Crippen molar-refractivity contribution in [2.75, 3.05) is 13.2 Å². The number of nitrogens with zero attached hydrogens (tertiary/aromatic N) is 2. The molecule has 1 unspecified atom stereocenters. The zero-order chi connectivity index (χ0) is 9.97. The second-order valence-corrected chi connectivity index (χ2v) is 3.48. The third kappa shape index (κ3) is 1.76. The molecule has 0 saturated carbocycles. The minimum absolute atomic E-state index is 0.0689. The van der Waals surface area contributed by atoms with Crippen LogP contribution in [0.4, 0.5) is 0 Å². The van der Waals surface area contributed by atoms with Gasteiger partial charge in [-0.1, -0.05) is 11.6 Å². The van der Waals surface area contributed by atoms with Crippen LogP contribution in [0.1, 0.15) is 16.9 Å². The Morgan fingerprint density at radius 3 is 2.93 bits per heavy atom. The number of ether oxygens (including phenoxy) is 1. The molecule has 1 atom stereocenters. The molecule has 74 valence electrons. The van der Waals surface area contributed by atoms with E-state index in [1.807, 2.05) is 0 Å². The third-order valence-electron chi connectivity index (χ3n) is 2.19. The number of carbonyl (C=O) groups excluding carboxylic acids is 1. The van der Waals surface area contributed by atoms with Crippen LogP contribution in [-0.4, -0.2) is 29.0 Å². The summed E-state index contributed by atoms with van der Waals surface area (Å²) in [6.45, 7) is 1.10. The van der Waals surface area contributed by atoms with E-state index in [-0.39, 0.29) is 22.5 Å². The molecule has 2 heterocycles. The summed E-state index contributed by atoms with van der Waals surface area (Å²) in [5.74, 6) is -0.176. The molecule has 0 N–H and O–H groups in total. The van der Waals surface area contributed by atoms with Crippen molar-refractivity contribution in [2.24, 2.45) is 5.92 Å². The molecule has 1 aromatic rings. The average molecular weight is 213 g/mol. The zero-order valence-corrected chi connectivity index (χ0v) is 8.20. The van der Waals surface area contributed by atoms with Gasteiger partial charge in [0, 0.05) is 24.9 Å². The molecule has 5 heteroatoms. The summed E-state index contributed by atoms with van der Waals surface area (Å²) in [4.78, 5) is 19.5. The van der Waals surface area contributed by atoms with Crippen molar-refractivity contribution >= 4 is 17.4 Å². The van der Waals surface area contributed by atoms with Crippen LogP contribution in [0.5, 0.6) is 0 Å². The highest BCUT2D eigenvalue weighted by molar-refractivity contribution is 6.32. The summed E-state index contributed by atoms with van der Waals surface area (Å²) in [6, 6.07) is 0. The highest BCUT2D eigenvalue weighted by Gasteiger charge is 2.27. The van der Waals surface area contributed by atoms with Gasteiger partial charge < -0.3 is 4.74 Å². The van der Waals surface area contributed by atoms with Gasteiger partial charge in [-0.2, -0.15) is 0 Å². The number of ketones is 1. The predicted molar refractivity (Wildman–Crippen MR) is 50.3 cm³/mol. The molecule has 1 aromatic heterocycles. The number of halogens is 1. The fourth-order valence-electron chi connectivity index (χ4n) is 1.42. The first kappa shape index (κ1) is 9.55. The molecule has 0 amide bonds. The topological polar surface area (TPSA) is 52.1 Å². The van der Waals surface area contributed by atoms with Crippen LogP contribution in [0.3, 0.4) is 0 Å². The summed E-state index contributed by atoms with van der Waals surface area (Å²) in [5, 5.41) is 0.171. The van der Waals surface area contributed by atoms with Gasteiger partial charge in [0.2, 0.25) is 0 Å². The van der Waals surface area contributed by atoms with Crippen molar-refractivity contribution in [2.45, 2.75) is 6.42 Å². The lowest BCUT2D eigenvalue weighted by Crippen LogP contribution is -2.16. The Hall–Kier alpha value is -1.00. The molecule has 2 rings (SSSR count). The minimum Gasteiger partial charge on any atom is -0.381 e. The Morgan fingerprint density at radius 1 is 1.50 bits per heavy atom. The van der Waals surface area contributed by atoms with Crippen LogP contribution in [0.25, 0.3) is 0 Å². The van der Waals surface area contributed by atoms with Gasteiger partial charge in [-0.25, -0.2) is 9.97 Å². The number of rotatable bonds is 2. The predicted octanol–water partition coefficient (Wildman–Crippen LogP) is 1.35. The van der Waals surface area contributed by atoms with Gasteiger partial charge in [0.1, 0.15) is 5.69 Å². The fourth-order valence-corrected chi connectivity index (χ4v) is 1.62. The van der Waals surface area contributed by atoms with Crippen molar-refractivity contribution in [3.63, 3.8) is 0 Å². The molecule has 1 fully saturated rings. The number of aromatic nitrogens is 2. The first-order valence-corrected chi connectivity index (χ1v) is 4.75. The van der Waals surface area contributed by atoms with Crippen LogP contribution in [0.2, 0.25) is 5.15 Å². The van der Waals surface area contributed by atoms with Crippen molar-refractivity contribution in [1.82, 2.24) is 9.97 Å². The molecule has 14 heavy (non-hydrogen) atoms. The van der Waals surface area contributed by atoms with Crippen LogP contribution < -0.4 is 0 Å². The lowest BCUT2D eigenvalue weighted by molar-refractivity contribution is 0.0895. The Labute approximate surface area is 86.3 Å². The lowest BCUT2D eigenvalue weighted by Gasteiger charge is -2.05. The largest absolute Gasteiger partial charge is 0.381 e. The van der Waals surface area contributed by atoms with Gasteiger partial charge in [-0.15, -0.1) is 0 Å². The molecular formula is C9H9ClN2O2. The normalized spacial score (nSPS) is 21.1. The Morgan fingerprint density at radius 2 is 2.29 bits per heavy atom. The van der Waals surface area contributed by atoms with Gasteiger partial charge in [-0.3, -0.25) is 4.79 Å². The summed E-state index contributed by atoms with van der Waals surface area (Å²) in [5.41, 5.74) is 0.254. The Bertz CT molecular complexity index is 350. The van der Waals surface area contributed by atoms with Crippen molar-refractivity contribution in [3.8, 4) is 0 Å². The SMILES string of the molecule is O=C(c1nccnc1Cl)C1CCOC1. The summed E-state index contributed by atoms with van der Waals surface area (Å²) < 4.78 is 5.13. The fraction of sp³-hybridized carbons (Fsp3) is 0.444. The van der Waals surface area contributed by atoms with E-state index in [0.717, 1.165) is 6.42 Å². The quantitative estimate of drug-likeness (QED) is 0.695. The van der Waals surface area contributed by atoms with E-state index in [0.29, 0.717) is 13.2 Å². The van der Waals surface area contributed by atoms with Crippen LogP contribution in [0, 0.1) is 5.92 Å². The molecule has 0 aliphatic carbocycles. The van der Waals surface area contributed by atoms with E-state index < -0.39 is 0 Å². The molecular weight excluding hydrogens is 204 g/mol. The number of hydrogen-bond donors (Lipinski definition) is 0. The van der Waals surface area contributed by atoms with Crippen molar-refractivity contribution in [1.29, 1.82) is 0 Å². The minimum atomic E-state index is -0.107. The molecule has 1 saturated heterocycles. The third-order valence-corrected chi connectivity index (χ3v) is 2.46. The maximum absolute atomic E-state index is 11.8. The highest BCUT2D eigenvalue weighted by Crippen LogP contribution is 2.20. The smallest absolute Gasteiger partial charge is 0.189 e. The van der Waals surface area contributed by atoms with Gasteiger partial charge in [0.05, 0.1) is 6.61 Å². The Balaban J connectivity index is 2.22. The van der Waals surface area contributed by atoms with Crippen molar-refractivity contribution < 1.29 is 9.53 Å².